The fourth-order valence-electron chi connectivity index (χ4n) is 2.15. The summed E-state index contributed by atoms with van der Waals surface area (Å²) in [6.45, 7) is 4.43. The molecule has 5 heteroatoms. The Morgan fingerprint density at radius 1 is 1.44 bits per heavy atom. The van der Waals surface area contributed by atoms with Crippen molar-refractivity contribution in [3.8, 4) is 0 Å². The quantitative estimate of drug-likeness (QED) is 0.875. The molecule has 1 heterocycles. The van der Waals surface area contributed by atoms with Crippen molar-refractivity contribution in [1.29, 1.82) is 0 Å². The molecule has 0 radical (unpaired) electrons. The summed E-state index contributed by atoms with van der Waals surface area (Å²) < 4.78 is 2.10. The molecule has 1 fully saturated rings. The first-order valence-corrected chi connectivity index (χ1v) is 7.45. The molecule has 2 rings (SSSR count). The first-order chi connectivity index (χ1) is 8.47. The predicted octanol–water partition coefficient (Wildman–Crippen LogP) is 3.36. The van der Waals surface area contributed by atoms with Crippen LogP contribution in [0.15, 0.2) is 27.1 Å². The lowest BCUT2D eigenvalue weighted by molar-refractivity contribution is -0.145. The predicted molar refractivity (Wildman–Crippen MR) is 77.4 cm³/mol. The Labute approximate surface area is 123 Å². The van der Waals surface area contributed by atoms with Gasteiger partial charge in [-0.25, -0.2) is 0 Å². The van der Waals surface area contributed by atoms with E-state index in [0.29, 0.717) is 5.92 Å². The van der Waals surface area contributed by atoms with Crippen molar-refractivity contribution in [2.24, 2.45) is 11.8 Å². The van der Waals surface area contributed by atoms with Gasteiger partial charge in [0.25, 0.3) is 0 Å². The summed E-state index contributed by atoms with van der Waals surface area (Å²) in [5, 5.41) is 8.93. The second-order valence-corrected chi connectivity index (χ2v) is 6.54. The van der Waals surface area contributed by atoms with Crippen molar-refractivity contribution < 1.29 is 9.90 Å². The van der Waals surface area contributed by atoms with Crippen LogP contribution in [0.1, 0.15) is 12.5 Å². The Bertz CT molecular complexity index is 458. The molecule has 1 aromatic carbocycles. The number of rotatable bonds is 4. The van der Waals surface area contributed by atoms with Gasteiger partial charge in [-0.1, -0.05) is 13.0 Å². The van der Waals surface area contributed by atoms with E-state index >= 15 is 0 Å². The summed E-state index contributed by atoms with van der Waals surface area (Å²) >= 11 is 6.93. The molecule has 1 saturated heterocycles. The van der Waals surface area contributed by atoms with Gasteiger partial charge < -0.3 is 5.11 Å². The molecule has 1 N–H and O–H groups in total. The number of likely N-dealkylation sites (tertiary alicyclic amines) is 1. The minimum absolute atomic E-state index is 0.238. The maximum absolute atomic E-state index is 10.9. The molecule has 1 aliphatic rings. The van der Waals surface area contributed by atoms with Crippen LogP contribution >= 0.6 is 31.9 Å². The highest BCUT2D eigenvalue weighted by molar-refractivity contribution is 9.13. The smallest absolute Gasteiger partial charge is 0.306 e. The average molecular weight is 377 g/mol. The van der Waals surface area contributed by atoms with E-state index in [-0.39, 0.29) is 5.92 Å². The normalized spacial score (nSPS) is 18.4. The third-order valence-electron chi connectivity index (χ3n) is 3.47. The SMILES string of the molecule is CC(C(=O)O)C1CN(Cc2ccc(Br)c(Br)c2)C1. The van der Waals surface area contributed by atoms with Gasteiger partial charge in [-0.05, 0) is 55.5 Å². The van der Waals surface area contributed by atoms with Crippen LogP contribution in [0.2, 0.25) is 0 Å². The molecular formula is C13H15Br2NO2. The zero-order valence-corrected chi connectivity index (χ0v) is 13.2. The fraction of sp³-hybridized carbons (Fsp3) is 0.462. The number of benzene rings is 1. The summed E-state index contributed by atoms with van der Waals surface area (Å²) in [5.74, 6) is -0.634. The van der Waals surface area contributed by atoms with E-state index in [0.717, 1.165) is 28.6 Å². The first kappa shape index (κ1) is 14.0. The monoisotopic (exact) mass is 375 g/mol. The van der Waals surface area contributed by atoms with Crippen LogP contribution in [0.25, 0.3) is 0 Å². The molecule has 0 saturated carbocycles. The Morgan fingerprint density at radius 2 is 2.11 bits per heavy atom. The Balaban J connectivity index is 1.86. The van der Waals surface area contributed by atoms with Crippen molar-refractivity contribution in [2.45, 2.75) is 13.5 Å². The van der Waals surface area contributed by atoms with Crippen LogP contribution in [0.5, 0.6) is 0 Å². The number of nitrogens with zero attached hydrogens (tertiary/aromatic N) is 1. The van der Waals surface area contributed by atoms with Crippen molar-refractivity contribution in [2.75, 3.05) is 13.1 Å². The van der Waals surface area contributed by atoms with E-state index in [1.54, 1.807) is 6.92 Å². The van der Waals surface area contributed by atoms with Crippen molar-refractivity contribution in [1.82, 2.24) is 4.90 Å². The molecule has 98 valence electrons. The number of halogens is 2. The summed E-state index contributed by atoms with van der Waals surface area (Å²) in [4.78, 5) is 13.1. The highest BCUT2D eigenvalue weighted by Gasteiger charge is 2.34. The third-order valence-corrected chi connectivity index (χ3v) is 5.35. The van der Waals surface area contributed by atoms with E-state index in [9.17, 15) is 4.79 Å². The number of hydrogen-bond donors (Lipinski definition) is 1. The van der Waals surface area contributed by atoms with Crippen LogP contribution in [0, 0.1) is 11.8 Å². The standard InChI is InChI=1S/C13H15Br2NO2/c1-8(13(17)18)10-6-16(7-10)5-9-2-3-11(14)12(15)4-9/h2-4,8,10H,5-7H2,1H3,(H,17,18). The van der Waals surface area contributed by atoms with Gasteiger partial charge in [0.2, 0.25) is 0 Å². The molecule has 18 heavy (non-hydrogen) atoms. The van der Waals surface area contributed by atoms with Crippen LogP contribution < -0.4 is 0 Å². The molecule has 0 spiro atoms. The Morgan fingerprint density at radius 3 is 2.67 bits per heavy atom. The minimum Gasteiger partial charge on any atom is -0.481 e. The van der Waals surface area contributed by atoms with Crippen LogP contribution in [-0.2, 0) is 11.3 Å². The maximum atomic E-state index is 10.9. The van der Waals surface area contributed by atoms with E-state index in [2.05, 4.69) is 48.9 Å². The van der Waals surface area contributed by atoms with Gasteiger partial charge in [-0.3, -0.25) is 9.69 Å². The molecular weight excluding hydrogens is 362 g/mol. The van der Waals surface area contributed by atoms with E-state index in [1.165, 1.54) is 5.56 Å². The van der Waals surface area contributed by atoms with Crippen molar-refractivity contribution >= 4 is 37.8 Å². The Kier molecular flexibility index (Phi) is 4.45. The zero-order chi connectivity index (χ0) is 13.3. The van der Waals surface area contributed by atoms with Gasteiger partial charge in [-0.15, -0.1) is 0 Å². The summed E-state index contributed by atoms with van der Waals surface area (Å²) in [6, 6.07) is 6.21. The molecule has 3 nitrogen and oxygen atoms in total. The first-order valence-electron chi connectivity index (χ1n) is 5.86. The molecule has 1 aromatic rings. The van der Waals surface area contributed by atoms with Gasteiger partial charge in [-0.2, -0.15) is 0 Å². The summed E-state index contributed by atoms with van der Waals surface area (Å²) in [5.41, 5.74) is 1.24. The van der Waals surface area contributed by atoms with Crippen LogP contribution in [0.4, 0.5) is 0 Å². The number of carboxylic acids is 1. The third kappa shape index (κ3) is 3.13. The fourth-order valence-corrected chi connectivity index (χ4v) is 2.83. The minimum atomic E-state index is -0.689. The van der Waals surface area contributed by atoms with Crippen molar-refractivity contribution in [3.63, 3.8) is 0 Å². The molecule has 1 atom stereocenters. The molecule has 0 bridgehead atoms. The van der Waals surface area contributed by atoms with E-state index in [1.807, 2.05) is 6.07 Å². The average Bonchev–Trinajstić information content (AvgIpc) is 2.26. The lowest BCUT2D eigenvalue weighted by atomic mass is 9.87. The number of carbonyl (C=O) groups is 1. The Hall–Kier alpha value is -0.390. The molecule has 0 aliphatic carbocycles. The van der Waals surface area contributed by atoms with Gasteiger partial charge in [0, 0.05) is 28.6 Å². The highest BCUT2D eigenvalue weighted by Crippen LogP contribution is 2.28. The van der Waals surface area contributed by atoms with Gasteiger partial charge >= 0.3 is 5.97 Å². The number of carboxylic acid groups (broad SMARTS) is 1. The molecule has 0 aromatic heterocycles. The van der Waals surface area contributed by atoms with E-state index in [4.69, 9.17) is 5.11 Å². The largest absolute Gasteiger partial charge is 0.481 e. The van der Waals surface area contributed by atoms with Crippen molar-refractivity contribution in [3.05, 3.63) is 32.7 Å². The summed E-state index contributed by atoms with van der Waals surface area (Å²) in [6.07, 6.45) is 0. The van der Waals surface area contributed by atoms with Gasteiger partial charge in [0.05, 0.1) is 5.92 Å². The molecule has 0 amide bonds. The zero-order valence-electron chi connectivity index (χ0n) is 10.1. The highest BCUT2D eigenvalue weighted by atomic mass is 79.9. The summed E-state index contributed by atoms with van der Waals surface area (Å²) in [7, 11) is 0. The number of hydrogen-bond acceptors (Lipinski definition) is 2. The lowest BCUT2D eigenvalue weighted by Crippen LogP contribution is -2.50. The van der Waals surface area contributed by atoms with E-state index < -0.39 is 5.97 Å². The van der Waals surface area contributed by atoms with Crippen LogP contribution in [-0.4, -0.2) is 29.1 Å². The molecule has 1 aliphatic heterocycles. The lowest BCUT2D eigenvalue weighted by Gasteiger charge is -2.41. The topological polar surface area (TPSA) is 40.5 Å². The number of aliphatic carboxylic acids is 1. The van der Waals surface area contributed by atoms with Crippen LogP contribution in [0.3, 0.4) is 0 Å². The molecule has 1 unspecified atom stereocenters. The second kappa shape index (κ2) is 5.72. The van der Waals surface area contributed by atoms with Gasteiger partial charge in [0.15, 0.2) is 0 Å². The maximum Gasteiger partial charge on any atom is 0.306 e. The second-order valence-electron chi connectivity index (χ2n) is 4.83. The van der Waals surface area contributed by atoms with Gasteiger partial charge in [0.1, 0.15) is 0 Å².